The Morgan fingerprint density at radius 2 is 1.31 bits per heavy atom. The van der Waals surface area contributed by atoms with Crippen LogP contribution in [0.4, 0.5) is 20.2 Å². The summed E-state index contributed by atoms with van der Waals surface area (Å²) in [7, 11) is 0. The van der Waals surface area contributed by atoms with Crippen LogP contribution in [0.3, 0.4) is 0 Å². The minimum Gasteiger partial charge on any atom is -0.366 e. The van der Waals surface area contributed by atoms with Crippen molar-refractivity contribution in [1.29, 1.82) is 10.5 Å². The zero-order valence-corrected chi connectivity index (χ0v) is 26.4. The zero-order chi connectivity index (χ0) is 33.0. The molecule has 2 aromatic carbocycles. The van der Waals surface area contributed by atoms with Gasteiger partial charge in [-0.05, 0) is 60.7 Å². The highest BCUT2D eigenvalue weighted by Gasteiger charge is 2.23. The number of halogens is 2. The molecule has 6 aromatic rings. The number of imidazole rings is 1. The molecule has 0 aliphatic carbocycles. The molecule has 236 valence electrons. The average Bonchev–Trinajstić information content (AvgIpc) is 3.76. The molecule has 2 aliphatic heterocycles. The molecule has 0 amide bonds. The summed E-state index contributed by atoms with van der Waals surface area (Å²) in [4.78, 5) is 26.6. The molecular weight excluding hydrogens is 629 g/mol. The number of aromatic nitrogens is 5. The molecule has 4 aromatic heterocycles. The summed E-state index contributed by atoms with van der Waals surface area (Å²) in [6.07, 6.45) is 5.06. The van der Waals surface area contributed by atoms with E-state index in [9.17, 15) is 8.78 Å². The van der Waals surface area contributed by atoms with Crippen molar-refractivity contribution >= 4 is 22.7 Å². The van der Waals surface area contributed by atoms with E-state index >= 15 is 0 Å². The fourth-order valence-corrected chi connectivity index (χ4v) is 6.90. The summed E-state index contributed by atoms with van der Waals surface area (Å²) in [6, 6.07) is 24.4. The van der Waals surface area contributed by atoms with Gasteiger partial charge in [-0.3, -0.25) is 9.97 Å². The SMILES string of the molecule is N#Cc1cc(F)cc(N2CCc3nc(-c4ccccn4)[nH]c3C2)c1.N#Cc1cc(F)cc(N2CCc3nc(-c4ccccn4)sc3C2)c1. The predicted molar refractivity (Wildman–Crippen MR) is 179 cm³/mol. The summed E-state index contributed by atoms with van der Waals surface area (Å²) in [5.41, 5.74) is 6.92. The maximum Gasteiger partial charge on any atom is 0.156 e. The Hall–Kier alpha value is -5.98. The van der Waals surface area contributed by atoms with Crippen molar-refractivity contribution in [3.63, 3.8) is 0 Å². The van der Waals surface area contributed by atoms with Crippen molar-refractivity contribution < 1.29 is 8.78 Å². The maximum absolute atomic E-state index is 13.7. The number of nitrogens with one attached hydrogen (secondary N) is 1. The van der Waals surface area contributed by atoms with E-state index in [-0.39, 0.29) is 5.82 Å². The van der Waals surface area contributed by atoms with Crippen LogP contribution in [0.5, 0.6) is 0 Å². The van der Waals surface area contributed by atoms with Gasteiger partial charge in [0.05, 0.1) is 59.1 Å². The number of benzene rings is 2. The maximum atomic E-state index is 13.7. The lowest BCUT2D eigenvalue weighted by Gasteiger charge is -2.28. The number of thiazole rings is 1. The van der Waals surface area contributed by atoms with E-state index in [0.29, 0.717) is 29.9 Å². The minimum atomic E-state index is -0.395. The number of pyridine rings is 2. The second-order valence-electron chi connectivity index (χ2n) is 11.3. The van der Waals surface area contributed by atoms with Crippen LogP contribution in [0.1, 0.15) is 33.1 Å². The van der Waals surface area contributed by atoms with Gasteiger partial charge in [0, 0.05) is 54.6 Å². The molecule has 0 saturated carbocycles. The first kappa shape index (κ1) is 30.7. The molecule has 48 heavy (non-hydrogen) atoms. The van der Waals surface area contributed by atoms with Gasteiger partial charge < -0.3 is 14.8 Å². The van der Waals surface area contributed by atoms with Gasteiger partial charge in [0.1, 0.15) is 22.3 Å². The van der Waals surface area contributed by atoms with Crippen molar-refractivity contribution in [2.75, 3.05) is 22.9 Å². The van der Waals surface area contributed by atoms with Crippen LogP contribution in [0.15, 0.2) is 85.2 Å². The van der Waals surface area contributed by atoms with E-state index in [1.165, 1.54) is 29.1 Å². The van der Waals surface area contributed by atoms with Crippen molar-refractivity contribution in [3.8, 4) is 34.4 Å². The molecule has 0 bridgehead atoms. The Labute approximate surface area is 279 Å². The van der Waals surface area contributed by atoms with Crippen molar-refractivity contribution in [1.82, 2.24) is 24.9 Å². The van der Waals surface area contributed by atoms with Gasteiger partial charge in [-0.2, -0.15) is 10.5 Å². The van der Waals surface area contributed by atoms with E-state index in [1.807, 2.05) is 53.4 Å². The molecule has 0 atom stereocenters. The number of rotatable bonds is 4. The summed E-state index contributed by atoms with van der Waals surface area (Å²) < 4.78 is 27.4. The third-order valence-corrected chi connectivity index (χ3v) is 9.21. The number of H-pyrrole nitrogens is 1. The molecule has 0 radical (unpaired) electrons. The van der Waals surface area contributed by atoms with Gasteiger partial charge in [0.25, 0.3) is 0 Å². The molecule has 0 spiro atoms. The average molecular weight is 656 g/mol. The lowest BCUT2D eigenvalue weighted by molar-refractivity contribution is 0.623. The smallest absolute Gasteiger partial charge is 0.156 e. The van der Waals surface area contributed by atoms with Crippen molar-refractivity contribution in [2.45, 2.75) is 25.9 Å². The second-order valence-corrected chi connectivity index (χ2v) is 12.4. The topological polar surface area (TPSA) is 121 Å². The van der Waals surface area contributed by atoms with Crippen molar-refractivity contribution in [2.24, 2.45) is 0 Å². The van der Waals surface area contributed by atoms with Gasteiger partial charge in [0.15, 0.2) is 5.82 Å². The first-order valence-corrected chi connectivity index (χ1v) is 16.1. The number of nitrogens with zero attached hydrogens (tertiary/aromatic N) is 8. The first-order valence-electron chi connectivity index (χ1n) is 15.3. The molecule has 0 unspecified atom stereocenters. The number of hydrogen-bond acceptors (Lipinski definition) is 9. The molecule has 6 heterocycles. The van der Waals surface area contributed by atoms with Crippen LogP contribution in [0.2, 0.25) is 0 Å². The van der Waals surface area contributed by atoms with E-state index in [2.05, 4.69) is 24.8 Å². The highest BCUT2D eigenvalue weighted by Crippen LogP contribution is 2.33. The van der Waals surface area contributed by atoms with Gasteiger partial charge in [0.2, 0.25) is 0 Å². The Morgan fingerprint density at radius 1 is 0.708 bits per heavy atom. The molecule has 0 fully saturated rings. The Bertz CT molecular complexity index is 2010. The van der Waals surface area contributed by atoms with Crippen LogP contribution in [-0.4, -0.2) is 38.0 Å². The fourth-order valence-electron chi connectivity index (χ4n) is 5.80. The number of anilines is 2. The molecular formula is C36H27F2N9S. The highest BCUT2D eigenvalue weighted by atomic mass is 32.1. The van der Waals surface area contributed by atoms with Crippen LogP contribution < -0.4 is 9.80 Å². The Balaban J connectivity index is 0.000000152. The zero-order valence-electron chi connectivity index (χ0n) is 25.6. The quantitative estimate of drug-likeness (QED) is 0.220. The Morgan fingerprint density at radius 3 is 1.92 bits per heavy atom. The van der Waals surface area contributed by atoms with Gasteiger partial charge >= 0.3 is 0 Å². The molecule has 0 saturated heterocycles. The van der Waals surface area contributed by atoms with Gasteiger partial charge in [-0.15, -0.1) is 11.3 Å². The van der Waals surface area contributed by atoms with E-state index in [0.717, 1.165) is 70.9 Å². The normalized spacial score (nSPS) is 13.4. The number of aromatic amines is 1. The molecule has 8 rings (SSSR count). The monoisotopic (exact) mass is 655 g/mol. The molecule has 2 aliphatic rings. The van der Waals surface area contributed by atoms with Gasteiger partial charge in [-0.1, -0.05) is 12.1 Å². The number of nitriles is 2. The molecule has 9 nitrogen and oxygen atoms in total. The molecule has 12 heteroatoms. The van der Waals surface area contributed by atoms with Crippen LogP contribution in [0, 0.1) is 34.3 Å². The first-order chi connectivity index (χ1) is 23.4. The van der Waals surface area contributed by atoms with Crippen LogP contribution in [-0.2, 0) is 25.9 Å². The largest absolute Gasteiger partial charge is 0.366 e. The van der Waals surface area contributed by atoms with E-state index in [4.69, 9.17) is 15.5 Å². The van der Waals surface area contributed by atoms with E-state index in [1.54, 1.807) is 35.9 Å². The summed E-state index contributed by atoms with van der Waals surface area (Å²) in [5, 5.41) is 19.0. The second kappa shape index (κ2) is 13.4. The van der Waals surface area contributed by atoms with Crippen LogP contribution >= 0.6 is 11.3 Å². The van der Waals surface area contributed by atoms with Crippen LogP contribution in [0.25, 0.3) is 22.2 Å². The highest BCUT2D eigenvalue weighted by molar-refractivity contribution is 7.15. The van der Waals surface area contributed by atoms with E-state index < -0.39 is 5.82 Å². The summed E-state index contributed by atoms with van der Waals surface area (Å²) in [5.74, 6) is -0.0265. The van der Waals surface area contributed by atoms with Crippen molar-refractivity contribution in [3.05, 3.63) is 130 Å². The standard InChI is InChI=1S/C18H14FN5.C18H13FN4S/c19-13-7-12(10-20)8-14(9-13)24-6-4-15-17(11-24)23-18(22-15)16-3-1-2-5-21-16;19-13-7-12(10-20)8-14(9-13)23-6-4-15-17(11-23)24-18(22-15)16-3-1-2-5-21-16/h1-3,5,7-9H,4,6,11H2,(H,22,23);1-3,5,7-9H,4,6,11H2. The molecule has 1 N–H and O–H groups in total. The lowest BCUT2D eigenvalue weighted by Crippen LogP contribution is -2.30. The van der Waals surface area contributed by atoms with Gasteiger partial charge in [-0.25, -0.2) is 18.7 Å². The third kappa shape index (κ3) is 6.61. The summed E-state index contributed by atoms with van der Waals surface area (Å²) in [6.45, 7) is 2.76. The predicted octanol–water partition coefficient (Wildman–Crippen LogP) is 6.82. The third-order valence-electron chi connectivity index (χ3n) is 8.11. The minimum absolute atomic E-state index is 0.328. The Kier molecular flexibility index (Phi) is 8.56. The fraction of sp³-hybridized carbons (Fsp3) is 0.167. The number of hydrogen-bond donors (Lipinski definition) is 1. The number of fused-ring (bicyclic) bond motifs is 2. The summed E-state index contributed by atoms with van der Waals surface area (Å²) >= 11 is 1.63. The lowest BCUT2D eigenvalue weighted by atomic mass is 10.1.